The number of piperidine rings is 1. The SMILES string of the molecule is Cc1nc2sc(C(c3ccccc3)N3CCCCC3C)c(O)n2n1. The molecule has 0 spiro atoms. The number of aromatic nitrogens is 3. The van der Waals surface area contributed by atoms with E-state index >= 15 is 0 Å². The second-order valence-electron chi connectivity index (χ2n) is 6.54. The van der Waals surface area contributed by atoms with E-state index in [1.54, 1.807) is 15.9 Å². The number of rotatable bonds is 3. The smallest absolute Gasteiger partial charge is 0.230 e. The molecule has 1 fully saturated rings. The molecule has 24 heavy (non-hydrogen) atoms. The van der Waals surface area contributed by atoms with Crippen molar-refractivity contribution in [2.45, 2.75) is 45.2 Å². The monoisotopic (exact) mass is 342 g/mol. The van der Waals surface area contributed by atoms with E-state index in [9.17, 15) is 5.11 Å². The highest BCUT2D eigenvalue weighted by Gasteiger charge is 2.33. The first kappa shape index (κ1) is 15.6. The van der Waals surface area contributed by atoms with Crippen molar-refractivity contribution >= 4 is 16.3 Å². The van der Waals surface area contributed by atoms with Crippen LogP contribution in [0.5, 0.6) is 5.88 Å². The summed E-state index contributed by atoms with van der Waals surface area (Å²) in [7, 11) is 0. The Kier molecular flexibility index (Phi) is 4.02. The topological polar surface area (TPSA) is 53.7 Å². The molecule has 2 atom stereocenters. The van der Waals surface area contributed by atoms with Gasteiger partial charge in [-0.2, -0.15) is 4.52 Å². The molecule has 0 saturated carbocycles. The lowest BCUT2D eigenvalue weighted by Crippen LogP contribution is -2.40. The van der Waals surface area contributed by atoms with Crippen LogP contribution in [0, 0.1) is 6.92 Å². The van der Waals surface area contributed by atoms with E-state index in [1.165, 1.54) is 24.8 Å². The van der Waals surface area contributed by atoms with Crippen molar-refractivity contribution in [3.63, 3.8) is 0 Å². The Morgan fingerprint density at radius 2 is 2.04 bits per heavy atom. The molecule has 0 bridgehead atoms. The number of likely N-dealkylation sites (tertiary alicyclic amines) is 1. The van der Waals surface area contributed by atoms with Crippen molar-refractivity contribution < 1.29 is 5.11 Å². The van der Waals surface area contributed by atoms with Crippen LogP contribution in [0.15, 0.2) is 30.3 Å². The summed E-state index contributed by atoms with van der Waals surface area (Å²) in [6.45, 7) is 5.18. The van der Waals surface area contributed by atoms with Crippen LogP contribution in [-0.2, 0) is 0 Å². The molecule has 1 aliphatic heterocycles. The second kappa shape index (κ2) is 6.18. The minimum atomic E-state index is 0.0512. The first-order valence-corrected chi connectivity index (χ1v) is 9.32. The maximum atomic E-state index is 10.8. The number of benzene rings is 1. The van der Waals surface area contributed by atoms with Crippen LogP contribution in [0.3, 0.4) is 0 Å². The summed E-state index contributed by atoms with van der Waals surface area (Å²) in [5, 5.41) is 15.1. The number of hydrogen-bond acceptors (Lipinski definition) is 5. The molecule has 0 aliphatic carbocycles. The van der Waals surface area contributed by atoms with E-state index < -0.39 is 0 Å². The van der Waals surface area contributed by atoms with Gasteiger partial charge in [0.05, 0.1) is 10.9 Å². The highest BCUT2D eigenvalue weighted by molar-refractivity contribution is 7.17. The molecular formula is C18H22N4OS. The molecule has 3 aromatic rings. The van der Waals surface area contributed by atoms with Crippen molar-refractivity contribution in [3.05, 3.63) is 46.6 Å². The summed E-state index contributed by atoms with van der Waals surface area (Å²) in [6.07, 6.45) is 3.68. The average molecular weight is 342 g/mol. The average Bonchev–Trinajstić information content (AvgIpc) is 3.09. The largest absolute Gasteiger partial charge is 0.492 e. The molecule has 0 amide bonds. The van der Waals surface area contributed by atoms with Crippen LogP contribution in [0.25, 0.3) is 4.96 Å². The lowest BCUT2D eigenvalue weighted by Gasteiger charge is -2.39. The standard InChI is InChI=1S/C18H22N4OS/c1-12-8-6-7-11-21(12)15(14-9-4-3-5-10-14)16-17(23)22-18(24-16)19-13(2)20-22/h3-5,9-10,12,15,23H,6-8,11H2,1-2H3. The van der Waals surface area contributed by atoms with Gasteiger partial charge in [-0.3, -0.25) is 4.90 Å². The number of nitrogens with zero attached hydrogens (tertiary/aromatic N) is 4. The number of aryl methyl sites for hydroxylation is 1. The van der Waals surface area contributed by atoms with Gasteiger partial charge < -0.3 is 5.11 Å². The Labute approximate surface area is 145 Å². The quantitative estimate of drug-likeness (QED) is 0.787. The highest BCUT2D eigenvalue weighted by Crippen LogP contribution is 2.41. The number of aromatic hydroxyl groups is 1. The van der Waals surface area contributed by atoms with Gasteiger partial charge in [0.2, 0.25) is 10.8 Å². The minimum absolute atomic E-state index is 0.0512. The van der Waals surface area contributed by atoms with Crippen molar-refractivity contribution in [2.75, 3.05) is 6.54 Å². The fourth-order valence-corrected chi connectivity index (χ4v) is 4.81. The van der Waals surface area contributed by atoms with Crippen molar-refractivity contribution in [3.8, 4) is 5.88 Å². The summed E-state index contributed by atoms with van der Waals surface area (Å²) < 4.78 is 1.57. The molecule has 5 nitrogen and oxygen atoms in total. The van der Waals surface area contributed by atoms with Gasteiger partial charge in [-0.25, -0.2) is 4.98 Å². The molecule has 1 aliphatic rings. The van der Waals surface area contributed by atoms with Crippen LogP contribution in [0.2, 0.25) is 0 Å². The van der Waals surface area contributed by atoms with Crippen molar-refractivity contribution in [1.29, 1.82) is 0 Å². The normalized spacial score (nSPS) is 20.5. The van der Waals surface area contributed by atoms with Crippen molar-refractivity contribution in [2.24, 2.45) is 0 Å². The molecule has 6 heteroatoms. The molecule has 2 aromatic heterocycles. The van der Waals surface area contributed by atoms with Crippen LogP contribution >= 0.6 is 11.3 Å². The molecule has 3 heterocycles. The van der Waals surface area contributed by atoms with Crippen molar-refractivity contribution in [1.82, 2.24) is 19.5 Å². The lowest BCUT2D eigenvalue weighted by molar-refractivity contribution is 0.125. The summed E-state index contributed by atoms with van der Waals surface area (Å²) in [5.74, 6) is 0.910. The van der Waals surface area contributed by atoms with Gasteiger partial charge in [-0.1, -0.05) is 48.1 Å². The first-order valence-electron chi connectivity index (χ1n) is 8.51. The molecule has 4 rings (SSSR count). The van der Waals surface area contributed by atoms with E-state index in [2.05, 4.69) is 46.2 Å². The maximum absolute atomic E-state index is 10.8. The molecule has 1 saturated heterocycles. The van der Waals surface area contributed by atoms with E-state index in [4.69, 9.17) is 0 Å². The Hall–Kier alpha value is -1.92. The van der Waals surface area contributed by atoms with E-state index in [1.807, 2.05) is 13.0 Å². The van der Waals surface area contributed by atoms with Crippen LogP contribution in [0.4, 0.5) is 0 Å². The third-order valence-electron chi connectivity index (χ3n) is 4.86. The van der Waals surface area contributed by atoms with Crippen LogP contribution in [0.1, 0.15) is 48.5 Å². The zero-order chi connectivity index (χ0) is 16.7. The highest BCUT2D eigenvalue weighted by atomic mass is 32.1. The predicted molar refractivity (Wildman–Crippen MR) is 95.6 cm³/mol. The summed E-state index contributed by atoms with van der Waals surface area (Å²) in [5.41, 5.74) is 1.21. The van der Waals surface area contributed by atoms with Gasteiger partial charge in [-0.05, 0) is 38.8 Å². The van der Waals surface area contributed by atoms with Crippen LogP contribution < -0.4 is 0 Å². The van der Waals surface area contributed by atoms with Gasteiger partial charge in [0, 0.05) is 6.04 Å². The Balaban J connectivity index is 1.84. The summed E-state index contributed by atoms with van der Waals surface area (Å²) in [6, 6.07) is 11.0. The number of thiazole rings is 1. The van der Waals surface area contributed by atoms with E-state index in [-0.39, 0.29) is 11.9 Å². The minimum Gasteiger partial charge on any atom is -0.492 e. The molecule has 0 radical (unpaired) electrons. The predicted octanol–water partition coefficient (Wildman–Crippen LogP) is 3.77. The fourth-order valence-electron chi connectivity index (χ4n) is 3.66. The molecule has 126 valence electrons. The Morgan fingerprint density at radius 3 is 2.75 bits per heavy atom. The summed E-state index contributed by atoms with van der Waals surface area (Å²) in [4.78, 5) is 8.63. The summed E-state index contributed by atoms with van der Waals surface area (Å²) >= 11 is 1.54. The number of fused-ring (bicyclic) bond motifs is 1. The Morgan fingerprint density at radius 1 is 1.25 bits per heavy atom. The van der Waals surface area contributed by atoms with Gasteiger partial charge in [-0.15, -0.1) is 5.10 Å². The Bertz CT molecular complexity index is 841. The maximum Gasteiger partial charge on any atom is 0.230 e. The van der Waals surface area contributed by atoms with E-state index in [0.29, 0.717) is 11.9 Å². The van der Waals surface area contributed by atoms with E-state index in [0.717, 1.165) is 16.4 Å². The third kappa shape index (κ3) is 2.59. The number of hydrogen-bond donors (Lipinski definition) is 1. The lowest BCUT2D eigenvalue weighted by atomic mass is 9.96. The zero-order valence-electron chi connectivity index (χ0n) is 14.0. The van der Waals surface area contributed by atoms with Gasteiger partial charge in [0.15, 0.2) is 0 Å². The molecule has 1 aromatic carbocycles. The van der Waals surface area contributed by atoms with Gasteiger partial charge >= 0.3 is 0 Å². The first-order chi connectivity index (χ1) is 11.6. The fraction of sp³-hybridized carbons (Fsp3) is 0.444. The van der Waals surface area contributed by atoms with Gasteiger partial charge in [0.1, 0.15) is 5.82 Å². The van der Waals surface area contributed by atoms with Crippen LogP contribution in [-0.4, -0.2) is 37.2 Å². The third-order valence-corrected chi connectivity index (χ3v) is 5.93. The molecule has 2 unspecified atom stereocenters. The second-order valence-corrected chi connectivity index (χ2v) is 7.55. The molecular weight excluding hydrogens is 320 g/mol. The van der Waals surface area contributed by atoms with Gasteiger partial charge in [0.25, 0.3) is 0 Å². The molecule has 1 N–H and O–H groups in total. The zero-order valence-corrected chi connectivity index (χ0v) is 14.8.